The van der Waals surface area contributed by atoms with Crippen molar-refractivity contribution in [1.82, 2.24) is 15.0 Å². The number of anilines is 2. The first-order valence-electron chi connectivity index (χ1n) is 12.3. The van der Waals surface area contributed by atoms with E-state index in [4.69, 9.17) is 26.1 Å². The van der Waals surface area contributed by atoms with E-state index in [9.17, 15) is 14.3 Å². The van der Waals surface area contributed by atoms with Gasteiger partial charge >= 0.3 is 0 Å². The molecule has 0 spiro atoms. The number of alkyl halides is 1. The van der Waals surface area contributed by atoms with Crippen LogP contribution in [0.4, 0.5) is 15.8 Å². The Morgan fingerprint density at radius 3 is 2.95 bits per heavy atom. The molecule has 1 aliphatic rings. The highest BCUT2D eigenvalue weighted by Gasteiger charge is 2.22. The average molecular weight is 542 g/mol. The van der Waals surface area contributed by atoms with Gasteiger partial charge in [0.1, 0.15) is 29.9 Å². The number of aliphatic hydroxyl groups excluding tert-OH is 1. The number of ether oxygens (including phenoxy) is 2. The molecule has 0 saturated carbocycles. The van der Waals surface area contributed by atoms with Crippen molar-refractivity contribution in [1.29, 1.82) is 0 Å². The number of aromatic nitrogens is 3. The molecule has 200 valence electrons. The minimum Gasteiger partial charge on any atom is -0.495 e. The van der Waals surface area contributed by atoms with Crippen molar-refractivity contribution in [3.05, 3.63) is 69.1 Å². The van der Waals surface area contributed by atoms with Crippen LogP contribution in [0.3, 0.4) is 0 Å². The third kappa shape index (κ3) is 5.20. The Balaban J connectivity index is 1.42. The number of H-pyrrole nitrogens is 2. The van der Waals surface area contributed by atoms with E-state index in [-0.39, 0.29) is 12.1 Å². The maximum absolute atomic E-state index is 13.2. The van der Waals surface area contributed by atoms with Crippen LogP contribution in [0.2, 0.25) is 5.02 Å². The van der Waals surface area contributed by atoms with Crippen molar-refractivity contribution in [2.24, 2.45) is 0 Å². The number of methoxy groups -OCH3 is 1. The van der Waals surface area contributed by atoms with Crippen LogP contribution >= 0.6 is 11.6 Å². The van der Waals surface area contributed by atoms with Crippen molar-refractivity contribution in [2.75, 3.05) is 50.2 Å². The van der Waals surface area contributed by atoms with Gasteiger partial charge in [-0.1, -0.05) is 17.7 Å². The molecule has 0 radical (unpaired) electrons. The van der Waals surface area contributed by atoms with E-state index in [1.165, 1.54) is 13.3 Å². The van der Waals surface area contributed by atoms with Crippen molar-refractivity contribution < 1.29 is 19.0 Å². The first kappa shape index (κ1) is 26.0. The van der Waals surface area contributed by atoms with Crippen LogP contribution in [0.25, 0.3) is 22.4 Å². The van der Waals surface area contributed by atoms with Gasteiger partial charge in [0.15, 0.2) is 0 Å². The number of aryl methyl sites for hydroxylation is 1. The molecule has 4 aromatic rings. The van der Waals surface area contributed by atoms with Gasteiger partial charge in [0.05, 0.1) is 41.6 Å². The first-order valence-corrected chi connectivity index (χ1v) is 12.7. The highest BCUT2D eigenvalue weighted by atomic mass is 35.5. The molecule has 9 nitrogen and oxygen atoms in total. The van der Waals surface area contributed by atoms with Gasteiger partial charge < -0.3 is 34.8 Å². The summed E-state index contributed by atoms with van der Waals surface area (Å²) in [6, 6.07) is 10.8. The maximum atomic E-state index is 13.2. The summed E-state index contributed by atoms with van der Waals surface area (Å²) in [6.07, 6.45) is 0.210. The van der Waals surface area contributed by atoms with E-state index in [0.717, 1.165) is 22.3 Å². The SMILES string of the molecule is COc1ccc([C@H](O)CNc2cc[nH]c(=O)c2-c2nc3c(C)cc(N4CCOC(CF)C4)cc3[nH]2)cc1Cl. The maximum Gasteiger partial charge on any atom is 0.261 e. The molecule has 1 saturated heterocycles. The normalized spacial score (nSPS) is 16.6. The number of hydrogen-bond donors (Lipinski definition) is 4. The molecule has 0 bridgehead atoms. The monoisotopic (exact) mass is 541 g/mol. The molecule has 2 atom stereocenters. The number of pyridine rings is 1. The Morgan fingerprint density at radius 1 is 1.34 bits per heavy atom. The minimum absolute atomic E-state index is 0.134. The van der Waals surface area contributed by atoms with Crippen LogP contribution in [0.5, 0.6) is 5.75 Å². The third-order valence-electron chi connectivity index (χ3n) is 6.68. The summed E-state index contributed by atoms with van der Waals surface area (Å²) < 4.78 is 23.8. The van der Waals surface area contributed by atoms with Crippen LogP contribution < -0.4 is 20.5 Å². The zero-order chi connectivity index (χ0) is 26.8. The van der Waals surface area contributed by atoms with E-state index >= 15 is 0 Å². The summed E-state index contributed by atoms with van der Waals surface area (Å²) in [4.78, 5) is 25.7. The molecule has 1 aliphatic heterocycles. The fraction of sp³-hybridized carbons (Fsp3) is 0.333. The standard InChI is InChI=1S/C27H29ClFN5O4/c1-15-9-17(34-7-8-38-18(12-29)14-34)11-21-25(15)33-26(32-21)24-20(5-6-30-27(24)36)31-13-22(35)16-3-4-23(37-2)19(28)10-16/h3-6,9-11,18,22,35H,7-8,12-14H2,1-2H3,(H,32,33)(H2,30,31,36)/t18?,22-/m1/s1. The molecule has 1 unspecified atom stereocenters. The van der Waals surface area contributed by atoms with Crippen LogP contribution in [0, 0.1) is 6.92 Å². The number of hydrogen-bond acceptors (Lipinski definition) is 7. The third-order valence-corrected chi connectivity index (χ3v) is 6.98. The summed E-state index contributed by atoms with van der Waals surface area (Å²) >= 11 is 6.20. The first-order chi connectivity index (χ1) is 18.4. The number of aromatic amines is 2. The van der Waals surface area contributed by atoms with Gasteiger partial charge in [0, 0.05) is 31.5 Å². The molecular weight excluding hydrogens is 513 g/mol. The Labute approximate surface area is 223 Å². The molecule has 0 amide bonds. The highest BCUT2D eigenvalue weighted by Crippen LogP contribution is 2.31. The molecular formula is C27H29ClFN5O4. The number of halogens is 2. The van der Waals surface area contributed by atoms with Crippen LogP contribution in [-0.2, 0) is 4.74 Å². The second-order valence-electron chi connectivity index (χ2n) is 9.22. The lowest BCUT2D eigenvalue weighted by molar-refractivity contribution is 0.0247. The number of rotatable bonds is 8. The van der Waals surface area contributed by atoms with Gasteiger partial charge in [-0.3, -0.25) is 4.79 Å². The lowest BCUT2D eigenvalue weighted by atomic mass is 10.1. The van der Waals surface area contributed by atoms with Crippen molar-refractivity contribution in [3.8, 4) is 17.1 Å². The van der Waals surface area contributed by atoms with Crippen LogP contribution in [0.1, 0.15) is 17.2 Å². The second kappa shape index (κ2) is 11.0. The summed E-state index contributed by atoms with van der Waals surface area (Å²) in [5.41, 5.74) is 4.50. The molecule has 2 aromatic heterocycles. The smallest absolute Gasteiger partial charge is 0.261 e. The Hall–Kier alpha value is -3.60. The number of nitrogens with zero attached hydrogens (tertiary/aromatic N) is 2. The molecule has 5 rings (SSSR count). The number of imidazole rings is 1. The topological polar surface area (TPSA) is 116 Å². The predicted molar refractivity (Wildman–Crippen MR) is 146 cm³/mol. The summed E-state index contributed by atoms with van der Waals surface area (Å²) in [7, 11) is 1.53. The molecule has 4 N–H and O–H groups in total. The van der Waals surface area contributed by atoms with Crippen molar-refractivity contribution in [3.63, 3.8) is 0 Å². The number of fused-ring (bicyclic) bond motifs is 1. The van der Waals surface area contributed by atoms with Crippen LogP contribution in [-0.4, -0.2) is 66.2 Å². The predicted octanol–water partition coefficient (Wildman–Crippen LogP) is 4.21. The van der Waals surface area contributed by atoms with Gasteiger partial charge in [0.25, 0.3) is 5.56 Å². The molecule has 0 aliphatic carbocycles. The Bertz CT molecular complexity index is 1510. The summed E-state index contributed by atoms with van der Waals surface area (Å²) in [6.45, 7) is 3.15. The number of aliphatic hydroxyl groups is 1. The summed E-state index contributed by atoms with van der Waals surface area (Å²) in [5.74, 6) is 0.918. The van der Waals surface area contributed by atoms with Gasteiger partial charge in [-0.25, -0.2) is 9.37 Å². The van der Waals surface area contributed by atoms with Crippen molar-refractivity contribution in [2.45, 2.75) is 19.1 Å². The van der Waals surface area contributed by atoms with E-state index in [1.54, 1.807) is 24.3 Å². The number of morpholine rings is 1. The fourth-order valence-corrected chi connectivity index (χ4v) is 4.96. The van der Waals surface area contributed by atoms with Crippen molar-refractivity contribution >= 4 is 34.0 Å². The largest absolute Gasteiger partial charge is 0.495 e. The summed E-state index contributed by atoms with van der Waals surface area (Å²) in [5, 5.41) is 14.3. The fourth-order valence-electron chi connectivity index (χ4n) is 4.70. The number of nitrogens with one attached hydrogen (secondary N) is 3. The van der Waals surface area contributed by atoms with Gasteiger partial charge in [0.2, 0.25) is 0 Å². The van der Waals surface area contributed by atoms with E-state index in [0.29, 0.717) is 53.1 Å². The molecule has 2 aromatic carbocycles. The molecule has 11 heteroatoms. The van der Waals surface area contributed by atoms with Crippen LogP contribution in [0.15, 0.2) is 47.4 Å². The Morgan fingerprint density at radius 2 is 2.18 bits per heavy atom. The molecule has 38 heavy (non-hydrogen) atoms. The molecule has 1 fully saturated rings. The quantitative estimate of drug-likeness (QED) is 0.264. The van der Waals surface area contributed by atoms with Gasteiger partial charge in [-0.2, -0.15) is 0 Å². The van der Waals surface area contributed by atoms with Gasteiger partial charge in [-0.05, 0) is 48.4 Å². The second-order valence-corrected chi connectivity index (χ2v) is 9.63. The molecule has 3 heterocycles. The van der Waals surface area contributed by atoms with Gasteiger partial charge in [-0.15, -0.1) is 0 Å². The zero-order valence-electron chi connectivity index (χ0n) is 21.1. The van der Waals surface area contributed by atoms with E-state index in [2.05, 4.69) is 20.2 Å². The highest BCUT2D eigenvalue weighted by molar-refractivity contribution is 6.32. The minimum atomic E-state index is -0.882. The zero-order valence-corrected chi connectivity index (χ0v) is 21.8. The van der Waals surface area contributed by atoms with E-state index in [1.807, 2.05) is 19.1 Å². The Kier molecular flexibility index (Phi) is 7.55. The lowest BCUT2D eigenvalue weighted by Crippen LogP contribution is -2.43. The number of benzene rings is 2. The average Bonchev–Trinajstić information content (AvgIpc) is 3.36. The lowest BCUT2D eigenvalue weighted by Gasteiger charge is -2.33. The van der Waals surface area contributed by atoms with E-state index < -0.39 is 18.9 Å².